The summed E-state index contributed by atoms with van der Waals surface area (Å²) in [6.07, 6.45) is 6.99. The number of thiol groups is 1. The number of guanidine groups is 2. The van der Waals surface area contributed by atoms with Crippen LogP contribution >= 0.6 is 12.6 Å². The molecule has 0 aromatic carbocycles. The van der Waals surface area contributed by atoms with E-state index in [-0.39, 0.29) is 75.1 Å². The van der Waals surface area contributed by atoms with Gasteiger partial charge >= 0.3 is 5.97 Å². The van der Waals surface area contributed by atoms with E-state index in [9.17, 15) is 33.9 Å². The van der Waals surface area contributed by atoms with Gasteiger partial charge in [0.25, 0.3) is 0 Å². The second kappa shape index (κ2) is 26.6. The van der Waals surface area contributed by atoms with Gasteiger partial charge < -0.3 is 71.4 Å². The van der Waals surface area contributed by atoms with Crippen molar-refractivity contribution in [3.8, 4) is 0 Å². The molecule has 2 aliphatic rings. The number of amides is 5. The molecule has 8 atom stereocenters. The van der Waals surface area contributed by atoms with Gasteiger partial charge in [-0.05, 0) is 102 Å². The number of aliphatic carboxylic acids is 1. The van der Waals surface area contributed by atoms with Gasteiger partial charge in [0, 0.05) is 25.7 Å². The molecule has 2 fully saturated rings. The number of nitrogens with zero attached hydrogens (tertiary/aromatic N) is 3. The van der Waals surface area contributed by atoms with Crippen molar-refractivity contribution >= 4 is 60.1 Å². The third-order valence-electron chi connectivity index (χ3n) is 10.5. The van der Waals surface area contributed by atoms with Gasteiger partial charge in [-0.15, -0.1) is 0 Å². The van der Waals surface area contributed by atoms with Crippen LogP contribution in [0.4, 0.5) is 0 Å². The number of hydrogen-bond acceptors (Lipinski definition) is 12. The van der Waals surface area contributed by atoms with Crippen LogP contribution in [0, 0.1) is 5.92 Å². The van der Waals surface area contributed by atoms with Gasteiger partial charge in [0.2, 0.25) is 29.5 Å². The fourth-order valence-electron chi connectivity index (χ4n) is 7.37. The van der Waals surface area contributed by atoms with E-state index in [1.807, 2.05) is 0 Å². The van der Waals surface area contributed by atoms with Crippen molar-refractivity contribution in [3.63, 3.8) is 0 Å². The second-order valence-electron chi connectivity index (χ2n) is 15.0. The first kappa shape index (κ1) is 49.7. The number of carboxylic acids is 1. The summed E-state index contributed by atoms with van der Waals surface area (Å²) in [5.74, 6) is -3.65. The Bertz CT molecular complexity index is 1410. The molecule has 1 aliphatic heterocycles. The number of nitrogens with one attached hydrogen (secondary N) is 4. The first-order chi connectivity index (χ1) is 27.6. The number of unbranched alkanes of at least 4 members (excludes halogenated alkanes) is 2. The molecule has 0 spiro atoms. The van der Waals surface area contributed by atoms with E-state index < -0.39 is 65.8 Å². The van der Waals surface area contributed by atoms with E-state index in [1.165, 1.54) is 4.90 Å². The number of carbonyl (C=O) groups excluding carboxylic acids is 5. The highest BCUT2D eigenvalue weighted by Gasteiger charge is 2.49. The molecule has 1 saturated heterocycles. The van der Waals surface area contributed by atoms with Gasteiger partial charge in [0.15, 0.2) is 11.9 Å². The molecule has 1 saturated carbocycles. The summed E-state index contributed by atoms with van der Waals surface area (Å²) in [6.45, 7) is 0.919. The number of likely N-dealkylation sites (tertiary alicyclic amines) is 1. The maximum Gasteiger partial charge on any atom is 0.326 e. The largest absolute Gasteiger partial charge is 0.480 e. The highest BCUT2D eigenvalue weighted by atomic mass is 32.1. The summed E-state index contributed by atoms with van der Waals surface area (Å²) in [5.41, 5.74) is 39.4. The Morgan fingerprint density at radius 1 is 0.707 bits per heavy atom. The molecule has 330 valence electrons. The summed E-state index contributed by atoms with van der Waals surface area (Å²) in [5, 5.41) is 20.8. The smallest absolute Gasteiger partial charge is 0.326 e. The lowest BCUT2D eigenvalue weighted by Crippen LogP contribution is -2.60. The standard InChI is InChI=1S/C36H68N14O7S/c37-15-13-25(33(55)50-27-12-2-1-8-21(27)20-28(50)32(54)49-26(34(56)57)11-7-18-46-36(42)43)48-31(53)24(47-30(52)23(39)14-19-58)10-4-6-16-44-29(51)22(38)9-3-5-17-45-35(40)41/h21-28,58H,1-20,37-39H2,(H,44,51)(H,47,52)(H,48,53)(H,49,54)(H,56,57)(H4,40,41,45)(H4,42,43,46)/t21?,22-,23-,24-,25-,26-,27?,28-/m0/s1. The zero-order valence-electron chi connectivity index (χ0n) is 33.5. The van der Waals surface area contributed by atoms with Crippen LogP contribution in [-0.2, 0) is 28.8 Å². The van der Waals surface area contributed by atoms with E-state index in [0.717, 1.165) is 19.3 Å². The van der Waals surface area contributed by atoms with Gasteiger partial charge in [-0.2, -0.15) is 12.6 Å². The van der Waals surface area contributed by atoms with Crippen LogP contribution in [0.5, 0.6) is 0 Å². The number of carbonyl (C=O) groups is 6. The molecular weight excluding hydrogens is 773 g/mol. The first-order valence-corrected chi connectivity index (χ1v) is 20.9. The van der Waals surface area contributed by atoms with Crippen LogP contribution in [0.15, 0.2) is 9.98 Å². The number of fused-ring (bicyclic) bond motifs is 1. The van der Waals surface area contributed by atoms with Crippen molar-refractivity contribution in [2.45, 2.75) is 139 Å². The van der Waals surface area contributed by atoms with Crippen LogP contribution in [0.1, 0.15) is 96.3 Å². The Balaban J connectivity index is 2.17. The Kier molecular flexibility index (Phi) is 22.8. The van der Waals surface area contributed by atoms with E-state index in [1.54, 1.807) is 0 Å². The number of nitrogens with two attached hydrogens (primary N) is 7. The fraction of sp³-hybridized carbons (Fsp3) is 0.778. The van der Waals surface area contributed by atoms with E-state index in [4.69, 9.17) is 40.1 Å². The maximum absolute atomic E-state index is 14.5. The monoisotopic (exact) mass is 841 g/mol. The quantitative estimate of drug-likeness (QED) is 0.0168. The second-order valence-corrected chi connectivity index (χ2v) is 15.4. The molecule has 5 amide bonds. The molecule has 1 heterocycles. The predicted octanol–water partition coefficient (Wildman–Crippen LogP) is -3.21. The highest BCUT2D eigenvalue weighted by molar-refractivity contribution is 7.80. The Hall–Kier alpha value is -4.41. The first-order valence-electron chi connectivity index (χ1n) is 20.3. The summed E-state index contributed by atoms with van der Waals surface area (Å²) in [6, 6.07) is -6.38. The van der Waals surface area contributed by atoms with Crippen molar-refractivity contribution in [1.29, 1.82) is 0 Å². The summed E-state index contributed by atoms with van der Waals surface area (Å²) in [7, 11) is 0. The lowest BCUT2D eigenvalue weighted by atomic mass is 9.84. The number of rotatable bonds is 27. The lowest BCUT2D eigenvalue weighted by Gasteiger charge is -2.36. The van der Waals surface area contributed by atoms with Gasteiger partial charge in [-0.25, -0.2) is 4.79 Å². The summed E-state index contributed by atoms with van der Waals surface area (Å²) in [4.78, 5) is 89.1. The van der Waals surface area contributed by atoms with Crippen molar-refractivity contribution in [1.82, 2.24) is 26.2 Å². The predicted molar refractivity (Wildman–Crippen MR) is 224 cm³/mol. The third kappa shape index (κ3) is 17.2. The molecule has 0 aromatic heterocycles. The molecule has 0 bridgehead atoms. The molecule has 58 heavy (non-hydrogen) atoms. The van der Waals surface area contributed by atoms with Gasteiger partial charge in [-0.3, -0.25) is 34.0 Å². The Morgan fingerprint density at radius 2 is 1.31 bits per heavy atom. The molecule has 0 radical (unpaired) electrons. The van der Waals surface area contributed by atoms with Gasteiger partial charge in [0.05, 0.1) is 12.1 Å². The van der Waals surface area contributed by atoms with Crippen LogP contribution in [0.3, 0.4) is 0 Å². The van der Waals surface area contributed by atoms with Crippen molar-refractivity contribution in [2.75, 3.05) is 31.9 Å². The Labute approximate surface area is 346 Å². The van der Waals surface area contributed by atoms with Crippen molar-refractivity contribution in [3.05, 3.63) is 0 Å². The fourth-order valence-corrected chi connectivity index (χ4v) is 7.64. The summed E-state index contributed by atoms with van der Waals surface area (Å²) < 4.78 is 0. The normalized spacial score (nSPS) is 19.9. The van der Waals surface area contributed by atoms with E-state index in [0.29, 0.717) is 63.7 Å². The highest BCUT2D eigenvalue weighted by Crippen LogP contribution is 2.40. The Morgan fingerprint density at radius 3 is 1.95 bits per heavy atom. The van der Waals surface area contributed by atoms with Crippen LogP contribution < -0.4 is 61.4 Å². The topological polar surface area (TPSA) is 381 Å². The number of carboxylic acid groups (broad SMARTS) is 1. The molecule has 0 aromatic rings. The third-order valence-corrected chi connectivity index (χ3v) is 10.7. The van der Waals surface area contributed by atoms with Crippen LogP contribution in [0.2, 0.25) is 0 Å². The molecule has 19 N–H and O–H groups in total. The average molecular weight is 841 g/mol. The van der Waals surface area contributed by atoms with E-state index >= 15 is 0 Å². The zero-order chi connectivity index (χ0) is 43.2. The molecule has 22 heteroatoms. The molecular formula is C36H68N14O7S. The zero-order valence-corrected chi connectivity index (χ0v) is 34.4. The SMILES string of the molecule is NCC[C@H](NC(=O)[C@H](CCCCNC(=O)[C@@H](N)CCCCN=C(N)N)NC(=O)[C@@H](N)CCS)C(=O)N1C2CCCCC2C[C@H]1C(=O)N[C@@H](CCCN=C(N)N)C(=O)O. The lowest BCUT2D eigenvalue weighted by molar-refractivity contribution is -0.146. The number of hydrogen-bond donors (Lipinski definition) is 13. The minimum atomic E-state index is -1.24. The van der Waals surface area contributed by atoms with Crippen LogP contribution in [-0.4, -0.2) is 132 Å². The molecule has 21 nitrogen and oxygen atoms in total. The van der Waals surface area contributed by atoms with E-state index in [2.05, 4.69) is 43.9 Å². The van der Waals surface area contributed by atoms with Crippen molar-refractivity contribution < 1.29 is 33.9 Å². The summed E-state index contributed by atoms with van der Waals surface area (Å²) >= 11 is 4.15. The minimum absolute atomic E-state index is 0.00342. The average Bonchev–Trinajstić information content (AvgIpc) is 3.57. The number of aliphatic imine (C=N–C) groups is 2. The van der Waals surface area contributed by atoms with Gasteiger partial charge in [0.1, 0.15) is 24.2 Å². The molecule has 2 unspecified atom stereocenters. The minimum Gasteiger partial charge on any atom is -0.480 e. The van der Waals surface area contributed by atoms with Crippen LogP contribution in [0.25, 0.3) is 0 Å². The van der Waals surface area contributed by atoms with Gasteiger partial charge in [-0.1, -0.05) is 12.8 Å². The van der Waals surface area contributed by atoms with Crippen molar-refractivity contribution in [2.24, 2.45) is 56.0 Å². The maximum atomic E-state index is 14.5. The molecule has 1 aliphatic carbocycles. The molecule has 2 rings (SSSR count).